The van der Waals surface area contributed by atoms with Crippen molar-refractivity contribution in [1.82, 2.24) is 0 Å². The lowest BCUT2D eigenvalue weighted by Crippen LogP contribution is -2.02. The van der Waals surface area contributed by atoms with Crippen molar-refractivity contribution in [3.63, 3.8) is 0 Å². The normalized spacial score (nSPS) is 11.5. The van der Waals surface area contributed by atoms with E-state index in [1.165, 1.54) is 160 Å². The molecule has 0 heterocycles. The van der Waals surface area contributed by atoms with Crippen LogP contribution in [0.3, 0.4) is 0 Å². The molecular formula is C34H62O. The Morgan fingerprint density at radius 1 is 0.457 bits per heavy atom. The first kappa shape index (κ1) is 32.0. The highest BCUT2D eigenvalue weighted by Gasteiger charge is 2.09. The first-order valence-corrected chi connectivity index (χ1v) is 16.0. The number of phenolic OH excluding ortho intramolecular Hbond substituents is 1. The molecule has 0 saturated carbocycles. The van der Waals surface area contributed by atoms with Gasteiger partial charge in [-0.3, -0.25) is 0 Å². The zero-order valence-corrected chi connectivity index (χ0v) is 24.0. The molecule has 0 saturated heterocycles. The predicted octanol–water partition coefficient (Wildman–Crippen LogP) is 12.0. The fourth-order valence-electron chi connectivity index (χ4n) is 5.53. The fourth-order valence-corrected chi connectivity index (χ4v) is 5.53. The maximum Gasteiger partial charge on any atom is 0.115 e. The van der Waals surface area contributed by atoms with Crippen molar-refractivity contribution < 1.29 is 5.11 Å². The lowest BCUT2D eigenvalue weighted by molar-refractivity contribution is 0.371. The van der Waals surface area contributed by atoms with E-state index in [4.69, 9.17) is 0 Å². The van der Waals surface area contributed by atoms with E-state index in [0.29, 0.717) is 5.75 Å². The minimum absolute atomic E-state index is 0.383. The van der Waals surface area contributed by atoms with Gasteiger partial charge in [0.1, 0.15) is 5.75 Å². The number of phenols is 1. The molecule has 0 unspecified atom stereocenters. The summed E-state index contributed by atoms with van der Waals surface area (Å²) >= 11 is 0. The van der Waals surface area contributed by atoms with Gasteiger partial charge in [0, 0.05) is 0 Å². The number of hydrogen-bond acceptors (Lipinski definition) is 1. The number of aryl methyl sites for hydroxylation is 1. The van der Waals surface area contributed by atoms with Gasteiger partial charge in [-0.25, -0.2) is 0 Å². The van der Waals surface area contributed by atoms with Crippen molar-refractivity contribution in [3.05, 3.63) is 29.8 Å². The van der Waals surface area contributed by atoms with Crippen LogP contribution in [0.2, 0.25) is 0 Å². The summed E-state index contributed by atoms with van der Waals surface area (Å²) < 4.78 is 0. The van der Waals surface area contributed by atoms with E-state index >= 15 is 0 Å². The lowest BCUT2D eigenvalue weighted by atomic mass is 9.89. The number of rotatable bonds is 26. The summed E-state index contributed by atoms with van der Waals surface area (Å²) in [5.74, 6) is 1.31. The second kappa shape index (κ2) is 24.7. The largest absolute Gasteiger partial charge is 0.508 e. The van der Waals surface area contributed by atoms with E-state index in [2.05, 4.69) is 26.0 Å². The zero-order valence-electron chi connectivity index (χ0n) is 24.0. The van der Waals surface area contributed by atoms with Gasteiger partial charge in [-0.05, 0) is 36.5 Å². The van der Waals surface area contributed by atoms with Crippen LogP contribution in [0.25, 0.3) is 0 Å². The Bertz CT molecular complexity index is 510. The minimum atomic E-state index is 0.383. The van der Waals surface area contributed by atoms with Crippen molar-refractivity contribution in [2.24, 2.45) is 5.92 Å². The Balaban J connectivity index is 2.16. The Morgan fingerprint density at radius 3 is 1.20 bits per heavy atom. The Kier molecular flexibility index (Phi) is 22.6. The number of hydrogen-bond donors (Lipinski definition) is 1. The Morgan fingerprint density at radius 2 is 0.800 bits per heavy atom. The molecule has 0 spiro atoms. The fraction of sp³-hybridized carbons (Fsp3) is 0.824. The summed E-state index contributed by atoms with van der Waals surface area (Å²) in [6, 6.07) is 7.85. The van der Waals surface area contributed by atoms with Crippen LogP contribution in [-0.2, 0) is 6.42 Å². The average molecular weight is 487 g/mol. The quantitative estimate of drug-likeness (QED) is 0.129. The Hall–Kier alpha value is -0.980. The smallest absolute Gasteiger partial charge is 0.115 e. The molecule has 0 atom stereocenters. The number of unbranched alkanes of at least 4 members (excludes halogenated alkanes) is 18. The highest BCUT2D eigenvalue weighted by atomic mass is 16.3. The molecule has 0 aromatic heterocycles. The Labute approximate surface area is 220 Å². The summed E-state index contributed by atoms with van der Waals surface area (Å²) in [7, 11) is 0. The maximum absolute atomic E-state index is 9.52. The molecule has 0 amide bonds. The second-order valence-electron chi connectivity index (χ2n) is 11.4. The molecule has 1 rings (SSSR count). The molecule has 1 aromatic carbocycles. The minimum Gasteiger partial charge on any atom is -0.508 e. The summed E-state index contributed by atoms with van der Waals surface area (Å²) in [6.45, 7) is 4.61. The van der Waals surface area contributed by atoms with Crippen LogP contribution in [0.15, 0.2) is 24.3 Å². The third-order valence-corrected chi connectivity index (χ3v) is 7.95. The first-order valence-electron chi connectivity index (χ1n) is 16.0. The topological polar surface area (TPSA) is 20.2 Å². The highest BCUT2D eigenvalue weighted by Crippen LogP contribution is 2.25. The van der Waals surface area contributed by atoms with Crippen LogP contribution in [0.1, 0.15) is 174 Å². The van der Waals surface area contributed by atoms with Gasteiger partial charge in [-0.1, -0.05) is 174 Å². The molecule has 1 aromatic rings. The zero-order chi connectivity index (χ0) is 25.2. The van der Waals surface area contributed by atoms with Crippen molar-refractivity contribution in [2.75, 3.05) is 0 Å². The van der Waals surface area contributed by atoms with Crippen LogP contribution in [0, 0.1) is 5.92 Å². The summed E-state index contributed by atoms with van der Waals surface area (Å²) in [4.78, 5) is 0. The van der Waals surface area contributed by atoms with E-state index in [1.807, 2.05) is 12.1 Å². The van der Waals surface area contributed by atoms with E-state index in [9.17, 15) is 5.11 Å². The molecule has 0 bridgehead atoms. The molecule has 1 N–H and O–H groups in total. The van der Waals surface area contributed by atoms with Gasteiger partial charge in [-0.2, -0.15) is 0 Å². The van der Waals surface area contributed by atoms with Gasteiger partial charge in [-0.15, -0.1) is 0 Å². The van der Waals surface area contributed by atoms with Gasteiger partial charge >= 0.3 is 0 Å². The van der Waals surface area contributed by atoms with E-state index in [1.54, 1.807) is 0 Å². The van der Waals surface area contributed by atoms with Gasteiger partial charge in [0.05, 0.1) is 0 Å². The molecule has 0 aliphatic rings. The van der Waals surface area contributed by atoms with Crippen LogP contribution < -0.4 is 0 Å². The third-order valence-electron chi connectivity index (χ3n) is 7.95. The molecular weight excluding hydrogens is 424 g/mol. The van der Waals surface area contributed by atoms with Crippen LogP contribution in [-0.4, -0.2) is 5.11 Å². The molecule has 1 heteroatoms. The average Bonchev–Trinajstić information content (AvgIpc) is 2.87. The monoisotopic (exact) mass is 486 g/mol. The summed E-state index contributed by atoms with van der Waals surface area (Å²) in [5.41, 5.74) is 1.37. The second-order valence-corrected chi connectivity index (χ2v) is 11.4. The lowest BCUT2D eigenvalue weighted by Gasteiger charge is -2.17. The number of aromatic hydroxyl groups is 1. The van der Waals surface area contributed by atoms with Crippen molar-refractivity contribution in [2.45, 2.75) is 174 Å². The van der Waals surface area contributed by atoms with Crippen LogP contribution >= 0.6 is 0 Å². The molecule has 35 heavy (non-hydrogen) atoms. The molecule has 0 fully saturated rings. The molecule has 1 nitrogen and oxygen atoms in total. The maximum atomic E-state index is 9.52. The van der Waals surface area contributed by atoms with Gasteiger partial charge < -0.3 is 5.11 Å². The van der Waals surface area contributed by atoms with Crippen LogP contribution in [0.4, 0.5) is 0 Å². The van der Waals surface area contributed by atoms with Gasteiger partial charge in [0.15, 0.2) is 0 Å². The van der Waals surface area contributed by atoms with Gasteiger partial charge in [0.25, 0.3) is 0 Å². The molecule has 0 aliphatic heterocycles. The van der Waals surface area contributed by atoms with Gasteiger partial charge in [0.2, 0.25) is 0 Å². The highest BCUT2D eigenvalue weighted by molar-refractivity contribution is 5.25. The molecule has 204 valence electrons. The standard InChI is InChI=1S/C34H62O/c1-3-5-7-9-11-13-15-17-19-21-24-32(26-23-27-33-28-30-34(35)31-29-33)25-22-20-18-16-14-12-10-8-6-4-2/h28-32,35H,3-27H2,1-2H3. The first-order chi connectivity index (χ1) is 17.3. The van der Waals surface area contributed by atoms with Crippen LogP contribution in [0.5, 0.6) is 5.75 Å². The molecule has 0 aliphatic carbocycles. The predicted molar refractivity (Wildman–Crippen MR) is 157 cm³/mol. The van der Waals surface area contributed by atoms with E-state index < -0.39 is 0 Å². The number of benzene rings is 1. The summed E-state index contributed by atoms with van der Waals surface area (Å²) in [5, 5.41) is 9.52. The summed E-state index contributed by atoms with van der Waals surface area (Å²) in [6.07, 6.45) is 35.5. The van der Waals surface area contributed by atoms with Crippen molar-refractivity contribution in [1.29, 1.82) is 0 Å². The van der Waals surface area contributed by atoms with E-state index in [0.717, 1.165) is 12.3 Å². The SMILES string of the molecule is CCCCCCCCCCCCC(CCCCCCCCCCCC)CCCc1ccc(O)cc1. The molecule has 0 radical (unpaired) electrons. The third kappa shape index (κ3) is 20.9. The van der Waals surface area contributed by atoms with E-state index in [-0.39, 0.29) is 0 Å². The van der Waals surface area contributed by atoms with Crippen molar-refractivity contribution >= 4 is 0 Å². The van der Waals surface area contributed by atoms with Crippen molar-refractivity contribution in [3.8, 4) is 5.75 Å².